The van der Waals surface area contributed by atoms with E-state index in [4.69, 9.17) is 0 Å². The average Bonchev–Trinajstić information content (AvgIpc) is 2.86. The zero-order chi connectivity index (χ0) is 24.7. The molecule has 0 bridgehead atoms. The second kappa shape index (κ2) is 11.8. The summed E-state index contributed by atoms with van der Waals surface area (Å²) in [5.41, 5.74) is 1.13. The maximum atomic E-state index is 13.0. The average molecular weight is 499 g/mol. The van der Waals surface area contributed by atoms with Gasteiger partial charge in [0.15, 0.2) is 0 Å². The molecule has 0 saturated carbocycles. The number of amides is 2. The van der Waals surface area contributed by atoms with Crippen LogP contribution in [0.2, 0.25) is 0 Å². The van der Waals surface area contributed by atoms with Crippen molar-refractivity contribution in [3.63, 3.8) is 0 Å². The molecule has 0 spiro atoms. The first-order chi connectivity index (χ1) is 16.9. The monoisotopic (exact) mass is 498 g/mol. The number of benzene rings is 2. The highest BCUT2D eigenvalue weighted by molar-refractivity contribution is 7.91. The Bertz CT molecular complexity index is 1020. The van der Waals surface area contributed by atoms with Crippen molar-refractivity contribution in [1.29, 1.82) is 0 Å². The number of nitrogens with one attached hydrogen (secondary N) is 2. The molecule has 2 aromatic carbocycles. The molecule has 0 atom stereocenters. The molecule has 2 saturated heterocycles. The molecule has 2 fully saturated rings. The Kier molecular flexibility index (Phi) is 8.54. The van der Waals surface area contributed by atoms with E-state index in [1.54, 1.807) is 24.3 Å². The predicted octanol–water partition coefficient (Wildman–Crippen LogP) is 3.37. The van der Waals surface area contributed by atoms with E-state index < -0.39 is 9.84 Å². The van der Waals surface area contributed by atoms with Gasteiger partial charge in [0.05, 0.1) is 22.9 Å². The molecule has 2 N–H and O–H groups in total. The topological polar surface area (TPSA) is 98.8 Å². The van der Waals surface area contributed by atoms with Gasteiger partial charge in [-0.3, -0.25) is 19.4 Å². The number of hydrogen-bond acceptors (Lipinski definition) is 6. The first kappa shape index (κ1) is 25.3. The number of piperidine rings is 2. The van der Waals surface area contributed by atoms with Crippen molar-refractivity contribution in [2.75, 3.05) is 49.9 Å². The van der Waals surface area contributed by atoms with Gasteiger partial charge in [-0.15, -0.1) is 0 Å². The van der Waals surface area contributed by atoms with Crippen molar-refractivity contribution in [3.8, 4) is 0 Å². The van der Waals surface area contributed by atoms with Crippen LogP contribution in [-0.4, -0.2) is 69.3 Å². The fourth-order valence-electron chi connectivity index (χ4n) is 4.61. The molecule has 0 radical (unpaired) electrons. The van der Waals surface area contributed by atoms with Crippen LogP contribution < -0.4 is 10.6 Å². The molecule has 35 heavy (non-hydrogen) atoms. The zero-order valence-electron chi connectivity index (χ0n) is 20.0. The lowest BCUT2D eigenvalue weighted by molar-refractivity contribution is -0.118. The van der Waals surface area contributed by atoms with Crippen molar-refractivity contribution < 1.29 is 18.0 Å². The van der Waals surface area contributed by atoms with Gasteiger partial charge in [0, 0.05) is 11.4 Å². The van der Waals surface area contributed by atoms with Crippen LogP contribution in [0.4, 0.5) is 11.4 Å². The van der Waals surface area contributed by atoms with Crippen LogP contribution >= 0.6 is 0 Å². The van der Waals surface area contributed by atoms with E-state index in [0.29, 0.717) is 24.5 Å². The summed E-state index contributed by atoms with van der Waals surface area (Å²) in [5.74, 6) is -0.194. The number of anilines is 2. The summed E-state index contributed by atoms with van der Waals surface area (Å²) in [6.45, 7) is 4.44. The third-order valence-corrected chi connectivity index (χ3v) is 8.31. The molecule has 0 aromatic heterocycles. The number of sulfone groups is 1. The highest BCUT2D eigenvalue weighted by Crippen LogP contribution is 2.24. The summed E-state index contributed by atoms with van der Waals surface area (Å²) < 4.78 is 26.1. The smallest absolute Gasteiger partial charge is 0.238 e. The van der Waals surface area contributed by atoms with Gasteiger partial charge in [-0.05, 0) is 100 Å². The number of carbonyl (C=O) groups is 2. The molecule has 2 aliphatic rings. The number of hydrogen-bond donors (Lipinski definition) is 2. The first-order valence-electron chi connectivity index (χ1n) is 12.4. The van der Waals surface area contributed by atoms with Crippen LogP contribution in [0.3, 0.4) is 0 Å². The quantitative estimate of drug-likeness (QED) is 0.579. The molecule has 188 valence electrons. The molecule has 4 rings (SSSR count). The van der Waals surface area contributed by atoms with E-state index >= 15 is 0 Å². The van der Waals surface area contributed by atoms with Gasteiger partial charge in [-0.25, -0.2) is 8.42 Å². The van der Waals surface area contributed by atoms with E-state index in [1.165, 1.54) is 37.1 Å². The van der Waals surface area contributed by atoms with Gasteiger partial charge < -0.3 is 10.6 Å². The Morgan fingerprint density at radius 1 is 0.600 bits per heavy atom. The second-order valence-corrected chi connectivity index (χ2v) is 11.3. The van der Waals surface area contributed by atoms with Gasteiger partial charge in [0.2, 0.25) is 21.7 Å². The molecular weight excluding hydrogens is 464 g/mol. The Balaban J connectivity index is 1.32. The van der Waals surface area contributed by atoms with Gasteiger partial charge in [0.25, 0.3) is 0 Å². The van der Waals surface area contributed by atoms with Crippen molar-refractivity contribution in [2.24, 2.45) is 0 Å². The highest BCUT2D eigenvalue weighted by atomic mass is 32.2. The maximum absolute atomic E-state index is 13.0. The fraction of sp³-hybridized carbons (Fsp3) is 0.462. The third kappa shape index (κ3) is 7.13. The Morgan fingerprint density at radius 3 is 1.29 bits per heavy atom. The van der Waals surface area contributed by atoms with Gasteiger partial charge in [-0.2, -0.15) is 0 Å². The zero-order valence-corrected chi connectivity index (χ0v) is 20.9. The summed E-state index contributed by atoms with van der Waals surface area (Å²) in [7, 11) is -3.72. The van der Waals surface area contributed by atoms with Crippen LogP contribution in [0.25, 0.3) is 0 Å². The predicted molar refractivity (Wildman–Crippen MR) is 136 cm³/mol. The highest BCUT2D eigenvalue weighted by Gasteiger charge is 2.19. The lowest BCUT2D eigenvalue weighted by Gasteiger charge is -2.25. The molecule has 8 nitrogen and oxygen atoms in total. The van der Waals surface area contributed by atoms with Crippen LogP contribution in [0, 0.1) is 0 Å². The minimum absolute atomic E-state index is 0.0968. The number of likely N-dealkylation sites (tertiary alicyclic amines) is 2. The van der Waals surface area contributed by atoms with E-state index in [9.17, 15) is 18.0 Å². The summed E-state index contributed by atoms with van der Waals surface area (Å²) in [4.78, 5) is 29.2. The van der Waals surface area contributed by atoms with Crippen LogP contribution in [0.15, 0.2) is 58.3 Å². The normalized spacial score (nSPS) is 17.6. The standard InChI is InChI=1S/C26H34N4O4S/c31-25(19-29-15-3-1-4-16-29)27-21-7-11-23(12-8-21)35(33,34)24-13-9-22(10-14-24)28-26(32)20-30-17-5-2-6-18-30/h7-14H,1-6,15-20H2,(H,27,31)(H,28,32). The summed E-state index contributed by atoms with van der Waals surface area (Å²) >= 11 is 0. The Hall–Kier alpha value is -2.75. The minimum Gasteiger partial charge on any atom is -0.325 e. The largest absolute Gasteiger partial charge is 0.325 e. The Labute approximate surface area is 207 Å². The van der Waals surface area contributed by atoms with E-state index in [1.807, 2.05) is 0 Å². The van der Waals surface area contributed by atoms with E-state index in [2.05, 4.69) is 20.4 Å². The molecule has 0 unspecified atom stereocenters. The lowest BCUT2D eigenvalue weighted by Crippen LogP contribution is -2.36. The summed E-state index contributed by atoms with van der Waals surface area (Å²) in [5, 5.41) is 5.69. The third-order valence-electron chi connectivity index (χ3n) is 6.53. The van der Waals surface area contributed by atoms with Crippen molar-refractivity contribution in [3.05, 3.63) is 48.5 Å². The van der Waals surface area contributed by atoms with Crippen molar-refractivity contribution in [2.45, 2.75) is 48.3 Å². The van der Waals surface area contributed by atoms with E-state index in [-0.39, 0.29) is 21.6 Å². The van der Waals surface area contributed by atoms with Crippen molar-refractivity contribution >= 4 is 33.0 Å². The fourth-order valence-corrected chi connectivity index (χ4v) is 5.87. The van der Waals surface area contributed by atoms with Gasteiger partial charge >= 0.3 is 0 Å². The number of carbonyl (C=O) groups excluding carboxylic acids is 2. The number of nitrogens with zero attached hydrogens (tertiary/aromatic N) is 2. The molecule has 2 aliphatic heterocycles. The lowest BCUT2D eigenvalue weighted by atomic mass is 10.1. The molecule has 2 heterocycles. The number of rotatable bonds is 8. The SMILES string of the molecule is O=C(CN1CCCCC1)Nc1ccc(S(=O)(=O)c2ccc(NC(=O)CN3CCCCC3)cc2)cc1. The first-order valence-corrected chi connectivity index (χ1v) is 13.9. The van der Waals surface area contributed by atoms with Crippen LogP contribution in [0.5, 0.6) is 0 Å². The van der Waals surface area contributed by atoms with Crippen LogP contribution in [-0.2, 0) is 19.4 Å². The Morgan fingerprint density at radius 2 is 0.943 bits per heavy atom. The summed E-state index contributed by atoms with van der Waals surface area (Å²) in [6, 6.07) is 12.4. The molecule has 2 amide bonds. The maximum Gasteiger partial charge on any atom is 0.238 e. The second-order valence-electron chi connectivity index (χ2n) is 9.32. The van der Waals surface area contributed by atoms with E-state index in [0.717, 1.165) is 51.9 Å². The molecular formula is C26H34N4O4S. The van der Waals surface area contributed by atoms with Gasteiger partial charge in [-0.1, -0.05) is 12.8 Å². The molecule has 2 aromatic rings. The molecule has 9 heteroatoms. The van der Waals surface area contributed by atoms with Gasteiger partial charge in [0.1, 0.15) is 0 Å². The minimum atomic E-state index is -3.72. The van der Waals surface area contributed by atoms with Crippen LogP contribution in [0.1, 0.15) is 38.5 Å². The molecule has 0 aliphatic carbocycles. The van der Waals surface area contributed by atoms with Crippen molar-refractivity contribution in [1.82, 2.24) is 9.80 Å². The summed E-state index contributed by atoms with van der Waals surface area (Å²) in [6.07, 6.45) is 6.89.